The number of fused-ring (bicyclic) bond motifs is 1. The standard InChI is InChI=1S/C22H27N5O6/c1-2-33-22(32)27-12-10-26(11-13-27)21(31)18(8-9-19(28)29)25-20(30)17-7-6-14-15(23)4-3-5-16(14)24-17/h3-7,18H,2,8-13,23H2,1H3,(H,25,30)(H,28,29). The molecule has 1 fully saturated rings. The number of carbonyl (C=O) groups excluding carboxylic acids is 3. The SMILES string of the molecule is CCOC(=O)N1CCN(C(=O)C(CCC(=O)O)NC(=O)c2ccc3c(N)cccc3n2)CC1. The number of amides is 3. The maximum absolute atomic E-state index is 13.1. The van der Waals surface area contributed by atoms with E-state index in [1.807, 2.05) is 0 Å². The van der Waals surface area contributed by atoms with E-state index in [9.17, 15) is 19.2 Å². The minimum absolute atomic E-state index is 0.0709. The van der Waals surface area contributed by atoms with Gasteiger partial charge in [-0.25, -0.2) is 9.78 Å². The van der Waals surface area contributed by atoms with Gasteiger partial charge >= 0.3 is 12.1 Å². The predicted molar refractivity (Wildman–Crippen MR) is 119 cm³/mol. The molecule has 1 aromatic heterocycles. The second-order valence-corrected chi connectivity index (χ2v) is 7.58. The number of carbonyl (C=O) groups is 4. The number of hydrogen-bond donors (Lipinski definition) is 3. The van der Waals surface area contributed by atoms with Crippen molar-refractivity contribution in [3.05, 3.63) is 36.0 Å². The van der Waals surface area contributed by atoms with E-state index in [4.69, 9.17) is 15.6 Å². The van der Waals surface area contributed by atoms with Crippen molar-refractivity contribution < 1.29 is 29.0 Å². The van der Waals surface area contributed by atoms with Gasteiger partial charge in [0.05, 0.1) is 12.1 Å². The molecule has 0 spiro atoms. The van der Waals surface area contributed by atoms with Gasteiger partial charge in [0, 0.05) is 43.7 Å². The molecule has 11 nitrogen and oxygen atoms in total. The third-order valence-corrected chi connectivity index (χ3v) is 5.37. The number of carboxylic acid groups (broad SMARTS) is 1. The molecule has 0 saturated carbocycles. The number of rotatable bonds is 7. The molecule has 4 N–H and O–H groups in total. The summed E-state index contributed by atoms with van der Waals surface area (Å²) >= 11 is 0. The third kappa shape index (κ3) is 5.88. The van der Waals surface area contributed by atoms with Crippen molar-refractivity contribution in [3.63, 3.8) is 0 Å². The first-order chi connectivity index (χ1) is 15.8. The number of nitrogens with zero attached hydrogens (tertiary/aromatic N) is 3. The average molecular weight is 457 g/mol. The lowest BCUT2D eigenvalue weighted by molar-refractivity contribution is -0.138. The van der Waals surface area contributed by atoms with Crippen LogP contribution >= 0.6 is 0 Å². The number of nitrogens with one attached hydrogen (secondary N) is 1. The topological polar surface area (TPSA) is 155 Å². The molecule has 1 aliphatic heterocycles. The lowest BCUT2D eigenvalue weighted by Crippen LogP contribution is -2.56. The highest BCUT2D eigenvalue weighted by Crippen LogP contribution is 2.19. The Balaban J connectivity index is 1.70. The molecule has 1 aliphatic rings. The number of pyridine rings is 1. The van der Waals surface area contributed by atoms with E-state index >= 15 is 0 Å². The van der Waals surface area contributed by atoms with Crippen LogP contribution in [-0.4, -0.2) is 82.6 Å². The number of aliphatic carboxylic acids is 1. The molecule has 0 radical (unpaired) electrons. The Morgan fingerprint density at radius 1 is 1.12 bits per heavy atom. The minimum Gasteiger partial charge on any atom is -0.481 e. The number of nitrogen functional groups attached to an aromatic ring is 1. The summed E-state index contributed by atoms with van der Waals surface area (Å²) in [6.07, 6.45) is -0.803. The number of piperazine rings is 1. The van der Waals surface area contributed by atoms with Crippen LogP contribution in [0.15, 0.2) is 30.3 Å². The highest BCUT2D eigenvalue weighted by Gasteiger charge is 2.31. The Hall–Kier alpha value is -3.89. The molecule has 1 unspecified atom stereocenters. The van der Waals surface area contributed by atoms with Gasteiger partial charge in [-0.3, -0.25) is 14.4 Å². The van der Waals surface area contributed by atoms with Crippen LogP contribution < -0.4 is 11.1 Å². The molecule has 3 rings (SSSR count). The molecular weight excluding hydrogens is 430 g/mol. The minimum atomic E-state index is -1.08. The number of nitrogens with two attached hydrogens (primary N) is 1. The highest BCUT2D eigenvalue weighted by molar-refractivity contribution is 5.99. The van der Waals surface area contributed by atoms with E-state index in [1.54, 1.807) is 31.2 Å². The van der Waals surface area contributed by atoms with Crippen LogP contribution in [0.25, 0.3) is 10.9 Å². The summed E-state index contributed by atoms with van der Waals surface area (Å²) in [5.41, 5.74) is 7.08. The first-order valence-electron chi connectivity index (χ1n) is 10.7. The fraction of sp³-hybridized carbons (Fsp3) is 0.409. The molecule has 3 amide bonds. The molecule has 1 atom stereocenters. The van der Waals surface area contributed by atoms with Crippen molar-refractivity contribution in [2.45, 2.75) is 25.8 Å². The van der Waals surface area contributed by atoms with E-state index in [0.717, 1.165) is 0 Å². The van der Waals surface area contributed by atoms with E-state index in [0.29, 0.717) is 16.6 Å². The number of hydrogen-bond acceptors (Lipinski definition) is 7. The second kappa shape index (κ2) is 10.6. The van der Waals surface area contributed by atoms with Gasteiger partial charge in [-0.2, -0.15) is 0 Å². The van der Waals surface area contributed by atoms with E-state index in [1.165, 1.54) is 15.9 Å². The Labute approximate surface area is 190 Å². The fourth-order valence-electron chi connectivity index (χ4n) is 3.61. The van der Waals surface area contributed by atoms with Gasteiger partial charge in [-0.05, 0) is 37.6 Å². The molecule has 11 heteroatoms. The van der Waals surface area contributed by atoms with Crippen molar-refractivity contribution in [2.75, 3.05) is 38.5 Å². The lowest BCUT2D eigenvalue weighted by atomic mass is 10.1. The Bertz CT molecular complexity index is 1050. The number of ether oxygens (including phenoxy) is 1. The molecule has 176 valence electrons. The quantitative estimate of drug-likeness (QED) is 0.522. The fourth-order valence-corrected chi connectivity index (χ4v) is 3.61. The van der Waals surface area contributed by atoms with Crippen LogP contribution in [0.1, 0.15) is 30.3 Å². The maximum atomic E-state index is 13.1. The first kappa shape index (κ1) is 23.8. The van der Waals surface area contributed by atoms with Gasteiger partial charge in [0.1, 0.15) is 11.7 Å². The van der Waals surface area contributed by atoms with Gasteiger partial charge in [0.15, 0.2) is 0 Å². The third-order valence-electron chi connectivity index (χ3n) is 5.37. The summed E-state index contributed by atoms with van der Waals surface area (Å²) in [5.74, 6) is -2.07. The van der Waals surface area contributed by atoms with Crippen molar-refractivity contribution in [1.82, 2.24) is 20.1 Å². The van der Waals surface area contributed by atoms with Crippen molar-refractivity contribution in [2.24, 2.45) is 0 Å². The van der Waals surface area contributed by atoms with Gasteiger partial charge in [0.25, 0.3) is 5.91 Å². The highest BCUT2D eigenvalue weighted by atomic mass is 16.6. The summed E-state index contributed by atoms with van der Waals surface area (Å²) in [5, 5.41) is 12.4. The lowest BCUT2D eigenvalue weighted by Gasteiger charge is -2.35. The van der Waals surface area contributed by atoms with E-state index in [2.05, 4.69) is 10.3 Å². The van der Waals surface area contributed by atoms with Gasteiger partial charge in [0.2, 0.25) is 5.91 Å². The predicted octanol–water partition coefficient (Wildman–Crippen LogP) is 1.08. The molecule has 1 aromatic carbocycles. The number of anilines is 1. The zero-order valence-electron chi connectivity index (χ0n) is 18.3. The number of aromatic nitrogens is 1. The summed E-state index contributed by atoms with van der Waals surface area (Å²) in [6, 6.07) is 7.31. The van der Waals surface area contributed by atoms with E-state index in [-0.39, 0.29) is 51.3 Å². The molecule has 1 saturated heterocycles. The molecular formula is C22H27N5O6. The van der Waals surface area contributed by atoms with Crippen molar-refractivity contribution in [3.8, 4) is 0 Å². The van der Waals surface area contributed by atoms with Gasteiger partial charge in [-0.1, -0.05) is 6.07 Å². The maximum Gasteiger partial charge on any atom is 0.409 e. The smallest absolute Gasteiger partial charge is 0.409 e. The second-order valence-electron chi connectivity index (χ2n) is 7.58. The van der Waals surface area contributed by atoms with E-state index < -0.39 is 29.9 Å². The number of benzene rings is 1. The summed E-state index contributed by atoms with van der Waals surface area (Å²) in [6.45, 7) is 3.06. The largest absolute Gasteiger partial charge is 0.481 e. The molecule has 33 heavy (non-hydrogen) atoms. The summed E-state index contributed by atoms with van der Waals surface area (Å²) < 4.78 is 4.98. The monoisotopic (exact) mass is 457 g/mol. The molecule has 0 aliphatic carbocycles. The normalized spacial score (nSPS) is 14.6. The van der Waals surface area contributed by atoms with Crippen molar-refractivity contribution >= 4 is 40.5 Å². The summed E-state index contributed by atoms with van der Waals surface area (Å²) in [7, 11) is 0. The van der Waals surface area contributed by atoms with Gasteiger partial charge in [-0.15, -0.1) is 0 Å². The van der Waals surface area contributed by atoms with Crippen LogP contribution in [-0.2, 0) is 14.3 Å². The van der Waals surface area contributed by atoms with Crippen molar-refractivity contribution in [1.29, 1.82) is 0 Å². The van der Waals surface area contributed by atoms with Crippen LogP contribution in [0.5, 0.6) is 0 Å². The van der Waals surface area contributed by atoms with Crippen LogP contribution in [0, 0.1) is 0 Å². The zero-order chi connectivity index (χ0) is 24.0. The Kier molecular flexibility index (Phi) is 7.65. The zero-order valence-corrected chi connectivity index (χ0v) is 18.3. The molecule has 2 heterocycles. The molecule has 2 aromatic rings. The molecule has 0 bridgehead atoms. The Morgan fingerprint density at radius 2 is 1.82 bits per heavy atom. The van der Waals surface area contributed by atoms with Gasteiger partial charge < -0.3 is 30.7 Å². The van der Waals surface area contributed by atoms with Crippen LogP contribution in [0.3, 0.4) is 0 Å². The average Bonchev–Trinajstić information content (AvgIpc) is 2.81. The van der Waals surface area contributed by atoms with Crippen LogP contribution in [0.2, 0.25) is 0 Å². The number of carboxylic acids is 1. The summed E-state index contributed by atoms with van der Waals surface area (Å²) in [4.78, 5) is 56.2. The van der Waals surface area contributed by atoms with Crippen LogP contribution in [0.4, 0.5) is 10.5 Å². The Morgan fingerprint density at radius 3 is 2.48 bits per heavy atom. The first-order valence-corrected chi connectivity index (χ1v) is 10.7.